The highest BCUT2D eigenvalue weighted by molar-refractivity contribution is 7.00. The van der Waals surface area contributed by atoms with E-state index in [9.17, 15) is 9.59 Å². The second-order valence-corrected chi connectivity index (χ2v) is 18.4. The van der Waals surface area contributed by atoms with E-state index in [0.29, 0.717) is 6.61 Å². The average molecular weight is 636 g/mol. The number of nitrogens with zero attached hydrogens (tertiary/aromatic N) is 3. The first-order valence-electron chi connectivity index (χ1n) is 16.8. The number of rotatable bonds is 10. The Bertz CT molecular complexity index is 1510. The predicted octanol–water partition coefficient (Wildman–Crippen LogP) is 4.88. The van der Waals surface area contributed by atoms with Gasteiger partial charge in [-0.2, -0.15) is 5.06 Å². The highest BCUT2D eigenvalue weighted by Crippen LogP contribution is 2.52. The minimum absolute atomic E-state index is 0.122. The number of hydrogen-bond donors (Lipinski definition) is 0. The van der Waals surface area contributed by atoms with Crippen molar-refractivity contribution in [1.82, 2.24) is 9.96 Å². The standard InChI is InChI=1S/C38H45N3O4Si/c1-38(2,3)46(30-13-6-4-7-14-30,31-15-8-5-9-16-31)45-33-18-11-10-17-32(33)40-24-22-39(23-25-40)21-12-26-44-41-36(42)34-28-19-20-29(27-28)35(34)37(41)43/h4-11,13-20,28-29,34-35H,12,21-27H2,1-3H3/t28-,29+,34?,35?. The minimum Gasteiger partial charge on any atom is -0.533 e. The normalized spacial score (nSPS) is 24.6. The third kappa shape index (κ3) is 5.40. The molecule has 2 bridgehead atoms. The van der Waals surface area contributed by atoms with Gasteiger partial charge in [0.1, 0.15) is 5.75 Å². The second kappa shape index (κ2) is 12.5. The van der Waals surface area contributed by atoms with Gasteiger partial charge >= 0.3 is 8.32 Å². The van der Waals surface area contributed by atoms with Gasteiger partial charge in [0.25, 0.3) is 11.8 Å². The molecule has 1 saturated carbocycles. The number of benzene rings is 3. The third-order valence-corrected chi connectivity index (χ3v) is 15.5. The smallest absolute Gasteiger partial charge is 0.320 e. The summed E-state index contributed by atoms with van der Waals surface area (Å²) >= 11 is 0. The molecule has 3 fully saturated rings. The Kier molecular flexibility index (Phi) is 8.38. The molecular formula is C38H45N3O4Si. The van der Waals surface area contributed by atoms with Gasteiger partial charge in [-0.25, -0.2) is 0 Å². The van der Waals surface area contributed by atoms with Gasteiger partial charge in [-0.15, -0.1) is 0 Å². The summed E-state index contributed by atoms with van der Waals surface area (Å²) in [6.45, 7) is 11.8. The van der Waals surface area contributed by atoms with Crippen molar-refractivity contribution in [2.75, 3.05) is 44.2 Å². The van der Waals surface area contributed by atoms with E-state index in [1.165, 1.54) is 10.4 Å². The lowest BCUT2D eigenvalue weighted by Crippen LogP contribution is -2.69. The third-order valence-electron chi connectivity index (χ3n) is 10.5. The number of para-hydroxylation sites is 2. The van der Waals surface area contributed by atoms with E-state index in [1.807, 2.05) is 0 Å². The summed E-state index contributed by atoms with van der Waals surface area (Å²) < 4.78 is 7.44. The van der Waals surface area contributed by atoms with Crippen LogP contribution in [0.15, 0.2) is 97.1 Å². The lowest BCUT2D eigenvalue weighted by atomic mass is 9.85. The van der Waals surface area contributed by atoms with E-state index in [-0.39, 0.29) is 40.5 Å². The summed E-state index contributed by atoms with van der Waals surface area (Å²) in [5, 5.41) is 3.49. The maximum absolute atomic E-state index is 12.9. The SMILES string of the molecule is CC(C)(C)[Si](Oc1ccccc1N1CCN(CCCON2C(=O)C3C(C2=O)[C@H]2C=C[C@@H]3C2)CC1)(c1ccccc1)c1ccccc1. The zero-order chi connectivity index (χ0) is 31.9. The Balaban J connectivity index is 0.995. The summed E-state index contributed by atoms with van der Waals surface area (Å²) in [6.07, 6.45) is 5.92. The molecule has 4 atom stereocenters. The van der Waals surface area contributed by atoms with Crippen molar-refractivity contribution in [2.45, 2.75) is 38.7 Å². The first-order valence-corrected chi connectivity index (χ1v) is 18.7. The fourth-order valence-corrected chi connectivity index (χ4v) is 12.7. The topological polar surface area (TPSA) is 62.3 Å². The highest BCUT2D eigenvalue weighted by atomic mass is 28.4. The number of piperazine rings is 1. The molecule has 8 heteroatoms. The fraction of sp³-hybridized carbons (Fsp3) is 0.421. The van der Waals surface area contributed by atoms with Crippen molar-refractivity contribution in [2.24, 2.45) is 23.7 Å². The molecule has 0 aromatic heterocycles. The monoisotopic (exact) mass is 635 g/mol. The van der Waals surface area contributed by atoms with E-state index in [0.717, 1.165) is 62.1 Å². The molecule has 2 aliphatic carbocycles. The van der Waals surface area contributed by atoms with E-state index in [2.05, 4.69) is 128 Å². The Morgan fingerprint density at radius 3 is 1.85 bits per heavy atom. The van der Waals surface area contributed by atoms with Crippen LogP contribution in [0.4, 0.5) is 5.69 Å². The number of anilines is 1. The van der Waals surface area contributed by atoms with Crippen LogP contribution < -0.4 is 19.7 Å². The molecule has 2 unspecified atom stereocenters. The van der Waals surface area contributed by atoms with Crippen molar-refractivity contribution in [3.05, 3.63) is 97.1 Å². The molecule has 2 heterocycles. The second-order valence-electron chi connectivity index (χ2n) is 14.2. The number of hydroxylamine groups is 2. The number of amides is 2. The van der Waals surface area contributed by atoms with Gasteiger partial charge in [-0.05, 0) is 52.2 Å². The Hall–Kier alpha value is -3.72. The van der Waals surface area contributed by atoms with Gasteiger partial charge < -0.3 is 9.33 Å². The quantitative estimate of drug-likeness (QED) is 0.137. The van der Waals surface area contributed by atoms with Gasteiger partial charge in [0, 0.05) is 32.7 Å². The van der Waals surface area contributed by atoms with E-state index in [1.54, 1.807) is 0 Å². The molecule has 2 amide bonds. The Labute approximate surface area is 273 Å². The van der Waals surface area contributed by atoms with Crippen molar-refractivity contribution < 1.29 is 18.9 Å². The minimum atomic E-state index is -2.76. The summed E-state index contributed by atoms with van der Waals surface area (Å²) in [5.41, 5.74) is 1.14. The van der Waals surface area contributed by atoms with Crippen LogP contribution in [-0.2, 0) is 14.4 Å². The molecule has 2 saturated heterocycles. The van der Waals surface area contributed by atoms with Gasteiger partial charge in [-0.1, -0.05) is 106 Å². The van der Waals surface area contributed by atoms with Crippen LogP contribution in [0, 0.1) is 23.7 Å². The van der Waals surface area contributed by atoms with Crippen LogP contribution in [-0.4, -0.2) is 69.4 Å². The zero-order valence-corrected chi connectivity index (χ0v) is 28.2. The molecule has 2 aliphatic heterocycles. The molecular weight excluding hydrogens is 591 g/mol. The number of imide groups is 1. The molecule has 0 N–H and O–H groups in total. The van der Waals surface area contributed by atoms with Crippen molar-refractivity contribution in [3.63, 3.8) is 0 Å². The number of allylic oxidation sites excluding steroid dienone is 2. The van der Waals surface area contributed by atoms with E-state index in [4.69, 9.17) is 9.26 Å². The van der Waals surface area contributed by atoms with E-state index >= 15 is 0 Å². The lowest BCUT2D eigenvalue weighted by molar-refractivity contribution is -0.190. The van der Waals surface area contributed by atoms with E-state index < -0.39 is 8.32 Å². The summed E-state index contributed by atoms with van der Waals surface area (Å²) in [7, 11) is -2.76. The molecule has 3 aromatic rings. The lowest BCUT2D eigenvalue weighted by Gasteiger charge is -2.44. The molecule has 46 heavy (non-hydrogen) atoms. The van der Waals surface area contributed by atoms with Crippen molar-refractivity contribution >= 4 is 36.2 Å². The van der Waals surface area contributed by atoms with Gasteiger partial charge in [-0.3, -0.25) is 19.3 Å². The number of carbonyl (C=O) groups is 2. The summed E-state index contributed by atoms with van der Waals surface area (Å²) in [6, 6.07) is 30.1. The highest BCUT2D eigenvalue weighted by Gasteiger charge is 2.60. The maximum atomic E-state index is 12.9. The Morgan fingerprint density at radius 1 is 0.739 bits per heavy atom. The first-order chi connectivity index (χ1) is 22.3. The van der Waals surface area contributed by atoms with Crippen LogP contribution in [0.25, 0.3) is 0 Å². The molecule has 7 nitrogen and oxygen atoms in total. The van der Waals surface area contributed by atoms with Gasteiger partial charge in [0.15, 0.2) is 0 Å². The molecule has 240 valence electrons. The average Bonchev–Trinajstić information content (AvgIpc) is 3.76. The summed E-state index contributed by atoms with van der Waals surface area (Å²) in [4.78, 5) is 36.5. The van der Waals surface area contributed by atoms with Gasteiger partial charge in [0.05, 0.1) is 24.1 Å². The number of carbonyl (C=O) groups excluding carboxylic acids is 2. The predicted molar refractivity (Wildman–Crippen MR) is 183 cm³/mol. The summed E-state index contributed by atoms with van der Waals surface area (Å²) in [5.74, 6) is 0.649. The zero-order valence-electron chi connectivity index (χ0n) is 27.2. The van der Waals surface area contributed by atoms with Crippen LogP contribution in [0.5, 0.6) is 5.75 Å². The molecule has 0 spiro atoms. The largest absolute Gasteiger partial charge is 0.533 e. The number of hydrogen-bond acceptors (Lipinski definition) is 6. The van der Waals surface area contributed by atoms with Crippen molar-refractivity contribution in [1.29, 1.82) is 0 Å². The fourth-order valence-electron chi connectivity index (χ4n) is 8.28. The van der Waals surface area contributed by atoms with Crippen LogP contribution in [0.3, 0.4) is 0 Å². The first kappa shape index (κ1) is 30.9. The molecule has 3 aromatic carbocycles. The van der Waals surface area contributed by atoms with Crippen LogP contribution in [0.1, 0.15) is 33.6 Å². The molecule has 4 aliphatic rings. The molecule has 7 rings (SSSR count). The van der Waals surface area contributed by atoms with Crippen LogP contribution in [0.2, 0.25) is 5.04 Å². The Morgan fingerprint density at radius 2 is 1.28 bits per heavy atom. The molecule has 0 radical (unpaired) electrons. The van der Waals surface area contributed by atoms with Crippen molar-refractivity contribution in [3.8, 4) is 5.75 Å². The van der Waals surface area contributed by atoms with Crippen LogP contribution >= 0.6 is 0 Å². The number of fused-ring (bicyclic) bond motifs is 5. The maximum Gasteiger partial charge on any atom is 0.320 e. The van der Waals surface area contributed by atoms with Gasteiger partial charge in [0.2, 0.25) is 0 Å².